The van der Waals surface area contributed by atoms with E-state index in [0.29, 0.717) is 0 Å². The van der Waals surface area contributed by atoms with Gasteiger partial charge in [0.15, 0.2) is 0 Å². The van der Waals surface area contributed by atoms with Gasteiger partial charge >= 0.3 is 67.6 Å². The molecule has 1 N–H and O–H groups in total. The van der Waals surface area contributed by atoms with Gasteiger partial charge in [0.2, 0.25) is 0 Å². The van der Waals surface area contributed by atoms with Crippen molar-refractivity contribution in [2.45, 2.75) is 72.6 Å². The molecule has 4 nitrogen and oxygen atoms in total. The molecule has 0 bridgehead atoms. The maximum Gasteiger partial charge on any atom is 0.472 e. The Kier molecular flexibility index (Phi) is 10.6. The van der Waals surface area contributed by atoms with E-state index in [-0.39, 0.29) is 0 Å². The summed E-state index contributed by atoms with van der Waals surface area (Å²) >= 11 is 0. The second-order valence-corrected chi connectivity index (χ2v) is 8.94. The van der Waals surface area contributed by atoms with Crippen LogP contribution in [0.25, 0.3) is 0 Å². The first-order chi connectivity index (χ1) is 17.4. The van der Waals surface area contributed by atoms with Crippen LogP contribution < -0.4 is 0 Å². The summed E-state index contributed by atoms with van der Waals surface area (Å²) in [7, 11) is -6.33. The fourth-order valence-corrected chi connectivity index (χ4v) is 2.86. The van der Waals surface area contributed by atoms with E-state index in [0.717, 1.165) is 0 Å². The molecule has 0 aromatic rings. The van der Waals surface area contributed by atoms with Gasteiger partial charge in [-0.2, -0.15) is 96.6 Å². The zero-order chi connectivity index (χ0) is 33.7. The zero-order valence-electron chi connectivity index (χ0n) is 18.3. The van der Waals surface area contributed by atoms with Crippen LogP contribution in [-0.2, 0) is 13.6 Å². The molecule has 0 heterocycles. The molecule has 0 radical (unpaired) electrons. The quantitative estimate of drug-likeness (QED) is 0.148. The van der Waals surface area contributed by atoms with Crippen molar-refractivity contribution >= 4 is 7.82 Å². The molecule has 0 aliphatic carbocycles. The molecule has 0 saturated heterocycles. The predicted molar refractivity (Wildman–Crippen MR) is 82.6 cm³/mol. The minimum atomic E-state index is -8.28. The summed E-state index contributed by atoms with van der Waals surface area (Å²) in [6, 6.07) is 0. The molecule has 0 saturated carbocycles. The van der Waals surface area contributed by atoms with Crippen molar-refractivity contribution < 1.29 is 115 Å². The number of alkyl halides is 22. The van der Waals surface area contributed by atoms with Crippen LogP contribution in [0.5, 0.6) is 0 Å². The molecule has 0 aliphatic heterocycles. The van der Waals surface area contributed by atoms with Gasteiger partial charge < -0.3 is 4.89 Å². The minimum absolute atomic E-state index is 2.49. The van der Waals surface area contributed by atoms with Gasteiger partial charge in [0.1, 0.15) is 0 Å². The van der Waals surface area contributed by atoms with Crippen LogP contribution in [0.2, 0.25) is 0 Å². The third-order valence-electron chi connectivity index (χ3n) is 4.55. The van der Waals surface area contributed by atoms with Crippen LogP contribution in [0.15, 0.2) is 0 Å². The fraction of sp³-hybridized carbons (Fsp3) is 1.00. The van der Waals surface area contributed by atoms with Crippen LogP contribution in [-0.4, -0.2) is 77.8 Å². The van der Waals surface area contributed by atoms with Crippen molar-refractivity contribution in [2.75, 3.05) is 13.2 Å². The normalized spacial score (nSPS) is 17.5. The Morgan fingerprint density at radius 2 is 0.634 bits per heavy atom. The fourth-order valence-electron chi connectivity index (χ4n) is 2.14. The Morgan fingerprint density at radius 1 is 0.415 bits per heavy atom. The molecule has 0 aromatic carbocycles. The molecule has 1 atom stereocenters. The Labute approximate surface area is 210 Å². The molecule has 0 spiro atoms. The van der Waals surface area contributed by atoms with Crippen molar-refractivity contribution in [3.05, 3.63) is 0 Å². The van der Waals surface area contributed by atoms with E-state index in [1.807, 2.05) is 0 Å². The summed E-state index contributed by atoms with van der Waals surface area (Å²) in [5.41, 5.74) is 0. The summed E-state index contributed by atoms with van der Waals surface area (Å²) in [5.74, 6) is -60.4. The summed E-state index contributed by atoms with van der Waals surface area (Å²) < 4.78 is 300. The van der Waals surface area contributed by atoms with Crippen molar-refractivity contribution in [3.8, 4) is 0 Å². The van der Waals surface area contributed by atoms with Crippen molar-refractivity contribution in [3.63, 3.8) is 0 Å². The Hall–Kier alpha value is -1.43. The van der Waals surface area contributed by atoms with Crippen LogP contribution in [0, 0.1) is 0 Å². The second kappa shape index (κ2) is 10.9. The topological polar surface area (TPSA) is 55.8 Å². The average Bonchev–Trinajstić information content (AvgIpc) is 2.70. The van der Waals surface area contributed by atoms with E-state index < -0.39 is 93.6 Å². The van der Waals surface area contributed by atoms with Crippen LogP contribution in [0.3, 0.4) is 0 Å². The molecule has 0 rings (SSSR count). The molecule has 0 aromatic heterocycles. The third-order valence-corrected chi connectivity index (χ3v) is 5.57. The van der Waals surface area contributed by atoms with Gasteiger partial charge in [-0.3, -0.25) is 9.05 Å². The van der Waals surface area contributed by atoms with Gasteiger partial charge in [-0.1, -0.05) is 0 Å². The van der Waals surface area contributed by atoms with Gasteiger partial charge in [0.05, 0.1) is 13.2 Å². The summed E-state index contributed by atoms with van der Waals surface area (Å²) in [6.07, 6.45) is -21.3. The monoisotopic (exact) mass is 690 g/mol. The Morgan fingerprint density at radius 3 is 0.902 bits per heavy atom. The smallest absolute Gasteiger partial charge is 0.302 e. The van der Waals surface area contributed by atoms with E-state index in [4.69, 9.17) is 4.89 Å². The number of phosphoric acid groups is 1. The van der Waals surface area contributed by atoms with Gasteiger partial charge in [-0.15, -0.1) is 0 Å². The van der Waals surface area contributed by atoms with Gasteiger partial charge in [-0.25, -0.2) is 4.57 Å². The summed E-state index contributed by atoms with van der Waals surface area (Å²) in [4.78, 5) is 8.91. The Balaban J connectivity index is 5.57. The lowest BCUT2D eigenvalue weighted by Crippen LogP contribution is -2.70. The second-order valence-electron chi connectivity index (χ2n) is 7.49. The van der Waals surface area contributed by atoms with Crippen LogP contribution in [0.1, 0.15) is 12.8 Å². The van der Waals surface area contributed by atoms with Crippen molar-refractivity contribution in [1.29, 1.82) is 0 Å². The van der Waals surface area contributed by atoms with Gasteiger partial charge in [-0.05, 0) is 0 Å². The van der Waals surface area contributed by atoms with E-state index in [1.165, 1.54) is 0 Å². The lowest BCUT2D eigenvalue weighted by atomic mass is 9.93. The van der Waals surface area contributed by atoms with Crippen LogP contribution in [0.4, 0.5) is 96.6 Å². The number of hydrogen-bond acceptors (Lipinski definition) is 3. The van der Waals surface area contributed by atoms with Crippen molar-refractivity contribution in [2.24, 2.45) is 0 Å². The maximum absolute atomic E-state index is 13.5. The minimum Gasteiger partial charge on any atom is -0.302 e. The summed E-state index contributed by atoms with van der Waals surface area (Å²) in [5, 5.41) is 0. The maximum atomic E-state index is 13.5. The average molecular weight is 690 g/mol. The zero-order valence-corrected chi connectivity index (χ0v) is 19.2. The highest BCUT2D eigenvalue weighted by molar-refractivity contribution is 7.47. The first-order valence-electron chi connectivity index (χ1n) is 9.19. The highest BCUT2D eigenvalue weighted by Crippen LogP contribution is 2.61. The molecule has 248 valence electrons. The molecule has 41 heavy (non-hydrogen) atoms. The summed E-state index contributed by atoms with van der Waals surface area (Å²) in [6.45, 7) is -5.14. The lowest BCUT2D eigenvalue weighted by molar-refractivity contribution is -0.440. The van der Waals surface area contributed by atoms with Crippen LogP contribution >= 0.6 is 7.82 Å². The van der Waals surface area contributed by atoms with E-state index in [9.17, 15) is 101 Å². The largest absolute Gasteiger partial charge is 0.472 e. The highest BCUT2D eigenvalue weighted by Gasteiger charge is 2.90. The molecule has 0 fully saturated rings. The highest BCUT2D eigenvalue weighted by atomic mass is 31.2. The Bertz CT molecular complexity index is 953. The molecule has 0 aliphatic rings. The lowest BCUT2D eigenvalue weighted by Gasteiger charge is -2.39. The van der Waals surface area contributed by atoms with Crippen molar-refractivity contribution in [1.82, 2.24) is 0 Å². The predicted octanol–water partition coefficient (Wildman–Crippen LogP) is 8.11. The molecular weight excluding hydrogens is 681 g/mol. The first-order valence-corrected chi connectivity index (χ1v) is 10.7. The van der Waals surface area contributed by atoms with E-state index >= 15 is 0 Å². The third kappa shape index (κ3) is 6.88. The SMILES string of the molecule is O=P(O)(OCCC(F)(F)C(F)(F)C(F)(F)C(F)(F)F)OCCC(F)(F)C(F)(F)C(F)(F)C(F)(F)C(F)(F)C(F)(F)F. The number of rotatable bonds is 14. The standard InChI is InChI=1S/C14H9F22O4P/c15-5(16,7(19,20)9(23,24)10(25,26)12(29,30)14(34,35)36)1-3-39-41(37,38)40-4-2-6(17,18)8(21,22)11(27,28)13(31,32)33/h1-4H2,(H,37,38). The number of halogens is 22. The molecule has 27 heteroatoms. The number of phosphoric ester groups is 1. The number of hydrogen-bond donors (Lipinski definition) is 1. The molecule has 1 unspecified atom stereocenters. The van der Waals surface area contributed by atoms with E-state index in [2.05, 4.69) is 9.05 Å². The van der Waals surface area contributed by atoms with Gasteiger partial charge in [0, 0.05) is 12.8 Å². The van der Waals surface area contributed by atoms with E-state index in [1.54, 1.807) is 0 Å². The van der Waals surface area contributed by atoms with Gasteiger partial charge in [0.25, 0.3) is 0 Å². The first kappa shape index (κ1) is 39.6. The molecular formula is C14H9F22O4P. The molecule has 0 amide bonds.